The monoisotopic (exact) mass is 322 g/mol. The summed E-state index contributed by atoms with van der Waals surface area (Å²) in [5.74, 6) is 0. The first-order valence-electron chi connectivity index (χ1n) is 4.96. The molecule has 3 aromatic heterocycles. The lowest BCUT2D eigenvalue weighted by molar-refractivity contribution is 1.08. The van der Waals surface area contributed by atoms with Crippen molar-refractivity contribution in [1.29, 1.82) is 0 Å². The lowest BCUT2D eigenvalue weighted by atomic mass is 10.4. The number of nitrogens with one attached hydrogen (secondary N) is 1. The molecule has 0 amide bonds. The van der Waals surface area contributed by atoms with Gasteiger partial charge in [0.25, 0.3) is 0 Å². The van der Waals surface area contributed by atoms with Crippen molar-refractivity contribution in [1.82, 2.24) is 24.9 Å². The van der Waals surface area contributed by atoms with Gasteiger partial charge in [-0.05, 0) is 15.9 Å². The number of pyridine rings is 1. The molecule has 0 bridgehead atoms. The van der Waals surface area contributed by atoms with Crippen LogP contribution in [0.4, 0.5) is 5.69 Å². The first kappa shape index (κ1) is 11.4. The minimum absolute atomic E-state index is 0.598. The Labute approximate surface area is 115 Å². The van der Waals surface area contributed by atoms with Crippen molar-refractivity contribution in [2.75, 3.05) is 5.73 Å². The van der Waals surface area contributed by atoms with E-state index in [0.717, 1.165) is 19.9 Å². The third-order valence-electron chi connectivity index (χ3n) is 2.27. The molecule has 3 N–H and O–H groups in total. The van der Waals surface area contributed by atoms with Gasteiger partial charge in [-0.3, -0.25) is 4.98 Å². The zero-order chi connectivity index (χ0) is 12.5. The number of halogens is 1. The van der Waals surface area contributed by atoms with Crippen molar-refractivity contribution >= 4 is 44.5 Å². The normalized spacial score (nSPS) is 10.9. The smallest absolute Gasteiger partial charge is 0.181 e. The molecule has 0 radical (unpaired) electrons. The molecule has 0 aliphatic rings. The molecule has 0 atom stereocenters. The Hall–Kier alpha value is -1.67. The highest BCUT2D eigenvalue weighted by Crippen LogP contribution is 2.37. The molecule has 0 unspecified atom stereocenters. The minimum Gasteiger partial charge on any atom is -0.397 e. The first-order valence-corrected chi connectivity index (χ1v) is 6.57. The molecule has 0 fully saturated rings. The van der Waals surface area contributed by atoms with Crippen molar-refractivity contribution < 1.29 is 0 Å². The average molecular weight is 323 g/mol. The fraction of sp³-hybridized carbons (Fsp3) is 0. The molecule has 90 valence electrons. The van der Waals surface area contributed by atoms with Crippen LogP contribution in [0.5, 0.6) is 0 Å². The quantitative estimate of drug-likeness (QED) is 0.703. The molecular formula is C10H7BrN6S. The van der Waals surface area contributed by atoms with Crippen LogP contribution in [0.1, 0.15) is 0 Å². The molecule has 0 aromatic carbocycles. The van der Waals surface area contributed by atoms with Crippen LogP contribution in [0.2, 0.25) is 0 Å². The number of hydrogen-bond donors (Lipinski definition) is 2. The predicted octanol–water partition coefficient (Wildman–Crippen LogP) is 2.24. The van der Waals surface area contributed by atoms with Gasteiger partial charge in [0.1, 0.15) is 16.9 Å². The van der Waals surface area contributed by atoms with Gasteiger partial charge in [0.2, 0.25) is 0 Å². The van der Waals surface area contributed by atoms with Crippen LogP contribution in [0.3, 0.4) is 0 Å². The Morgan fingerprint density at radius 2 is 2.11 bits per heavy atom. The number of aromatic amines is 1. The second-order valence-electron chi connectivity index (χ2n) is 3.42. The molecule has 0 saturated heterocycles. The van der Waals surface area contributed by atoms with Crippen LogP contribution in [0, 0.1) is 0 Å². The molecule has 0 saturated carbocycles. The number of fused-ring (bicyclic) bond motifs is 1. The van der Waals surface area contributed by atoms with Crippen LogP contribution < -0.4 is 5.73 Å². The van der Waals surface area contributed by atoms with E-state index in [2.05, 4.69) is 40.8 Å². The van der Waals surface area contributed by atoms with Crippen molar-refractivity contribution in [3.63, 3.8) is 0 Å². The van der Waals surface area contributed by atoms with E-state index in [-0.39, 0.29) is 0 Å². The summed E-state index contributed by atoms with van der Waals surface area (Å²) >= 11 is 4.87. The van der Waals surface area contributed by atoms with Crippen LogP contribution in [0.25, 0.3) is 11.2 Å². The summed E-state index contributed by atoms with van der Waals surface area (Å²) in [6, 6.07) is 0. The van der Waals surface area contributed by atoms with E-state index in [1.165, 1.54) is 18.1 Å². The SMILES string of the molecule is Nc1cncc(Br)c1Sc1ncnc2nc[nH]c12. The summed E-state index contributed by atoms with van der Waals surface area (Å²) < 4.78 is 0.832. The predicted molar refractivity (Wildman–Crippen MR) is 72.2 cm³/mol. The Morgan fingerprint density at radius 3 is 2.94 bits per heavy atom. The zero-order valence-electron chi connectivity index (χ0n) is 8.96. The van der Waals surface area contributed by atoms with Crippen molar-refractivity contribution in [3.8, 4) is 0 Å². The molecule has 6 nitrogen and oxygen atoms in total. The van der Waals surface area contributed by atoms with Crippen molar-refractivity contribution in [2.24, 2.45) is 0 Å². The highest BCUT2D eigenvalue weighted by molar-refractivity contribution is 9.10. The molecular weight excluding hydrogens is 316 g/mol. The molecule has 0 aliphatic carbocycles. The van der Waals surface area contributed by atoms with Gasteiger partial charge in [0, 0.05) is 6.20 Å². The van der Waals surface area contributed by atoms with E-state index < -0.39 is 0 Å². The van der Waals surface area contributed by atoms with Crippen molar-refractivity contribution in [2.45, 2.75) is 9.92 Å². The van der Waals surface area contributed by atoms with Gasteiger partial charge in [-0.1, -0.05) is 11.8 Å². The van der Waals surface area contributed by atoms with E-state index >= 15 is 0 Å². The molecule has 3 aromatic rings. The first-order chi connectivity index (χ1) is 8.75. The molecule has 8 heteroatoms. The summed E-state index contributed by atoms with van der Waals surface area (Å²) in [7, 11) is 0. The van der Waals surface area contributed by atoms with Crippen molar-refractivity contribution in [3.05, 3.63) is 29.5 Å². The maximum Gasteiger partial charge on any atom is 0.181 e. The summed E-state index contributed by atoms with van der Waals surface area (Å²) in [6.07, 6.45) is 6.38. The standard InChI is InChI=1S/C10H7BrN6S/c11-5-1-13-2-6(12)8(5)18-10-7-9(15-3-14-7)16-4-17-10/h1-4H,12H2,(H,14,15,16,17). The van der Waals surface area contributed by atoms with E-state index in [4.69, 9.17) is 5.73 Å². The van der Waals surface area contributed by atoms with Crippen LogP contribution in [-0.2, 0) is 0 Å². The average Bonchev–Trinajstić information content (AvgIpc) is 2.83. The number of nitrogens with two attached hydrogens (primary N) is 1. The summed E-state index contributed by atoms with van der Waals surface area (Å²) in [6.45, 7) is 0. The third-order valence-corrected chi connectivity index (χ3v) is 4.29. The number of imidazole rings is 1. The minimum atomic E-state index is 0.598. The summed E-state index contributed by atoms with van der Waals surface area (Å²) in [5, 5.41) is 0.774. The highest BCUT2D eigenvalue weighted by atomic mass is 79.9. The van der Waals surface area contributed by atoms with Crippen LogP contribution in [0.15, 0.2) is 39.4 Å². The lowest BCUT2D eigenvalue weighted by Crippen LogP contribution is -1.92. The van der Waals surface area contributed by atoms with Gasteiger partial charge in [0.05, 0.1) is 27.6 Å². The summed E-state index contributed by atoms with van der Waals surface area (Å²) in [4.78, 5) is 20.3. The van der Waals surface area contributed by atoms with Gasteiger partial charge in [-0.2, -0.15) is 0 Å². The molecule has 3 heterocycles. The Balaban J connectivity index is 2.09. The molecule has 18 heavy (non-hydrogen) atoms. The zero-order valence-corrected chi connectivity index (χ0v) is 11.4. The molecule has 0 spiro atoms. The fourth-order valence-corrected chi connectivity index (χ4v) is 2.92. The lowest BCUT2D eigenvalue weighted by Gasteiger charge is -2.06. The number of H-pyrrole nitrogens is 1. The van der Waals surface area contributed by atoms with E-state index in [1.54, 1.807) is 18.7 Å². The van der Waals surface area contributed by atoms with E-state index in [1.807, 2.05) is 0 Å². The number of hydrogen-bond acceptors (Lipinski definition) is 6. The summed E-state index contributed by atoms with van der Waals surface area (Å²) in [5.41, 5.74) is 7.94. The number of nitrogen functional groups attached to an aromatic ring is 1. The fourth-order valence-electron chi connectivity index (χ4n) is 1.46. The largest absolute Gasteiger partial charge is 0.397 e. The number of rotatable bonds is 2. The highest BCUT2D eigenvalue weighted by Gasteiger charge is 2.12. The van der Waals surface area contributed by atoms with E-state index in [9.17, 15) is 0 Å². The Kier molecular flexibility index (Phi) is 2.88. The maximum absolute atomic E-state index is 5.91. The Bertz CT molecular complexity index is 692. The molecule has 3 rings (SSSR count). The number of anilines is 1. The Morgan fingerprint density at radius 1 is 1.22 bits per heavy atom. The van der Waals surface area contributed by atoms with Gasteiger partial charge in [-0.25, -0.2) is 15.0 Å². The molecule has 0 aliphatic heterocycles. The van der Waals surface area contributed by atoms with Gasteiger partial charge in [-0.15, -0.1) is 0 Å². The topological polar surface area (TPSA) is 93.4 Å². The van der Waals surface area contributed by atoms with Gasteiger partial charge >= 0.3 is 0 Å². The number of nitrogens with zero attached hydrogens (tertiary/aromatic N) is 4. The van der Waals surface area contributed by atoms with Gasteiger partial charge < -0.3 is 10.7 Å². The van der Waals surface area contributed by atoms with Crippen LogP contribution >= 0.6 is 27.7 Å². The third kappa shape index (κ3) is 1.93. The van der Waals surface area contributed by atoms with E-state index in [0.29, 0.717) is 11.3 Å². The van der Waals surface area contributed by atoms with Crippen LogP contribution in [-0.4, -0.2) is 24.9 Å². The second kappa shape index (κ2) is 4.54. The van der Waals surface area contributed by atoms with Gasteiger partial charge in [0.15, 0.2) is 5.65 Å². The number of aromatic nitrogens is 5. The maximum atomic E-state index is 5.91. The second-order valence-corrected chi connectivity index (χ2v) is 5.28.